The largest absolute Gasteiger partial charge is 0.459 e. The van der Waals surface area contributed by atoms with E-state index in [1.165, 1.54) is 11.6 Å². The summed E-state index contributed by atoms with van der Waals surface area (Å²) in [6.45, 7) is 5.54. The third-order valence-electron chi connectivity index (χ3n) is 5.96. The molecule has 2 unspecified atom stereocenters. The summed E-state index contributed by atoms with van der Waals surface area (Å²) in [5, 5.41) is 13.6. The average molecular weight is 416 g/mol. The van der Waals surface area contributed by atoms with Crippen molar-refractivity contribution in [2.45, 2.75) is 45.1 Å². The maximum absolute atomic E-state index is 12.9. The minimum Gasteiger partial charge on any atom is -0.459 e. The number of carbonyl (C=O) groups excluding carboxylic acids is 1. The lowest BCUT2D eigenvalue weighted by Gasteiger charge is -2.25. The Balaban J connectivity index is 1.81. The maximum Gasteiger partial charge on any atom is 0.317 e. The van der Waals surface area contributed by atoms with Crippen molar-refractivity contribution in [1.29, 1.82) is 0 Å². The second-order valence-corrected chi connectivity index (χ2v) is 9.24. The summed E-state index contributed by atoms with van der Waals surface area (Å²) in [4.78, 5) is 24.4. The SMILES string of the molecule is CC(C)(C)OC(=O)C1C=C2C=CC3CCC=c4c3c2c(n4-c2ccccc2[N+](=O)[O-])=C1. The van der Waals surface area contributed by atoms with E-state index in [-0.39, 0.29) is 22.5 Å². The van der Waals surface area contributed by atoms with Crippen molar-refractivity contribution in [3.05, 3.63) is 74.4 Å². The first-order valence-corrected chi connectivity index (χ1v) is 10.6. The van der Waals surface area contributed by atoms with Gasteiger partial charge in [0.2, 0.25) is 0 Å². The van der Waals surface area contributed by atoms with Crippen LogP contribution in [0.25, 0.3) is 23.4 Å². The zero-order chi connectivity index (χ0) is 21.9. The zero-order valence-corrected chi connectivity index (χ0v) is 17.8. The van der Waals surface area contributed by atoms with Gasteiger partial charge in [-0.25, -0.2) is 0 Å². The van der Waals surface area contributed by atoms with Crippen molar-refractivity contribution < 1.29 is 14.5 Å². The standard InChI is InChI=1S/C25H24N2O4/c1-25(2,3)31-24(28)17-13-16-12-11-15-7-6-10-20-22(15)23(16)21(14-17)26(20)18-8-4-5-9-19(18)27(29)30/h4-5,8-15,17H,6-7H2,1-3H3. The molecule has 1 aromatic carbocycles. The third-order valence-corrected chi connectivity index (χ3v) is 5.96. The van der Waals surface area contributed by atoms with Gasteiger partial charge in [-0.05, 0) is 56.9 Å². The van der Waals surface area contributed by atoms with E-state index < -0.39 is 11.5 Å². The molecule has 5 rings (SSSR count). The van der Waals surface area contributed by atoms with Crippen LogP contribution in [0.2, 0.25) is 0 Å². The summed E-state index contributed by atoms with van der Waals surface area (Å²) in [5.41, 5.74) is 3.23. The first kappa shape index (κ1) is 19.5. The highest BCUT2D eigenvalue weighted by molar-refractivity contribution is 5.91. The van der Waals surface area contributed by atoms with Crippen LogP contribution in [-0.4, -0.2) is 21.1 Å². The van der Waals surface area contributed by atoms with E-state index in [1.807, 2.05) is 43.6 Å². The van der Waals surface area contributed by atoms with Crippen LogP contribution in [0.3, 0.4) is 0 Å². The van der Waals surface area contributed by atoms with Crippen molar-refractivity contribution in [2.24, 2.45) is 5.92 Å². The van der Waals surface area contributed by atoms with Crippen LogP contribution < -0.4 is 10.7 Å². The summed E-state index contributed by atoms with van der Waals surface area (Å²) >= 11 is 0. The van der Waals surface area contributed by atoms with Crippen LogP contribution in [0.5, 0.6) is 0 Å². The van der Waals surface area contributed by atoms with E-state index in [4.69, 9.17) is 4.74 Å². The topological polar surface area (TPSA) is 74.4 Å². The van der Waals surface area contributed by atoms with E-state index in [9.17, 15) is 14.9 Å². The molecule has 3 aliphatic rings. The number of benzene rings is 1. The minimum absolute atomic E-state index is 0.0455. The maximum atomic E-state index is 12.9. The molecule has 6 nitrogen and oxygen atoms in total. The molecular formula is C25H24N2O4. The number of nitro groups is 1. The van der Waals surface area contributed by atoms with Crippen LogP contribution >= 0.6 is 0 Å². The molecule has 3 aliphatic carbocycles. The molecule has 0 saturated heterocycles. The zero-order valence-electron chi connectivity index (χ0n) is 17.8. The molecule has 158 valence electrons. The van der Waals surface area contributed by atoms with Crippen LogP contribution in [0, 0.1) is 16.0 Å². The van der Waals surface area contributed by atoms with Crippen molar-refractivity contribution in [3.63, 3.8) is 0 Å². The molecule has 0 amide bonds. The summed E-state index contributed by atoms with van der Waals surface area (Å²) in [6.07, 6.45) is 12.2. The molecule has 0 spiro atoms. The lowest BCUT2D eigenvalue weighted by Crippen LogP contribution is -2.32. The quantitative estimate of drug-likeness (QED) is 0.434. The predicted molar refractivity (Wildman–Crippen MR) is 119 cm³/mol. The van der Waals surface area contributed by atoms with Gasteiger partial charge in [-0.3, -0.25) is 14.9 Å². The smallest absolute Gasteiger partial charge is 0.317 e. The van der Waals surface area contributed by atoms with E-state index in [1.54, 1.807) is 12.1 Å². The molecular weight excluding hydrogens is 392 g/mol. The fourth-order valence-corrected chi connectivity index (χ4v) is 4.83. The number of ether oxygens (including phenoxy) is 1. The number of para-hydroxylation sites is 2. The normalized spacial score (nSPS) is 20.8. The highest BCUT2D eigenvalue weighted by atomic mass is 16.6. The number of aromatic nitrogens is 1. The molecule has 1 aromatic heterocycles. The van der Waals surface area contributed by atoms with Gasteiger partial charge in [-0.1, -0.05) is 36.4 Å². The highest BCUT2D eigenvalue weighted by Gasteiger charge is 2.33. The van der Waals surface area contributed by atoms with Gasteiger partial charge in [0.05, 0.1) is 16.2 Å². The summed E-state index contributed by atoms with van der Waals surface area (Å²) in [7, 11) is 0. The molecule has 0 saturated carbocycles. The lowest BCUT2D eigenvalue weighted by atomic mass is 9.80. The fraction of sp³-hybridized carbons (Fsp3) is 0.320. The Morgan fingerprint density at radius 1 is 1.19 bits per heavy atom. The molecule has 0 N–H and O–H groups in total. The van der Waals surface area contributed by atoms with Gasteiger partial charge in [0.15, 0.2) is 0 Å². The number of esters is 1. The predicted octanol–water partition coefficient (Wildman–Crippen LogP) is 3.75. The molecule has 0 fully saturated rings. The number of hydrogen-bond acceptors (Lipinski definition) is 4. The molecule has 31 heavy (non-hydrogen) atoms. The van der Waals surface area contributed by atoms with Crippen LogP contribution in [0.4, 0.5) is 5.69 Å². The Morgan fingerprint density at radius 3 is 2.71 bits per heavy atom. The van der Waals surface area contributed by atoms with Gasteiger partial charge in [0.1, 0.15) is 11.3 Å². The average Bonchev–Trinajstić information content (AvgIpc) is 3.06. The number of allylic oxidation sites excluding steroid dienone is 3. The van der Waals surface area contributed by atoms with Gasteiger partial charge in [0, 0.05) is 22.9 Å². The third kappa shape index (κ3) is 3.14. The number of hydrogen-bond donors (Lipinski definition) is 0. The minimum atomic E-state index is -0.593. The Morgan fingerprint density at radius 2 is 1.97 bits per heavy atom. The van der Waals surface area contributed by atoms with Gasteiger partial charge >= 0.3 is 5.97 Å². The monoisotopic (exact) mass is 416 g/mol. The van der Waals surface area contributed by atoms with Gasteiger partial charge in [0.25, 0.3) is 5.69 Å². The van der Waals surface area contributed by atoms with Crippen molar-refractivity contribution >= 4 is 29.4 Å². The van der Waals surface area contributed by atoms with Crippen molar-refractivity contribution in [3.8, 4) is 5.69 Å². The molecule has 2 aromatic rings. The summed E-state index contributed by atoms with van der Waals surface area (Å²) in [6, 6.07) is 6.78. The number of nitrogens with zero attached hydrogens (tertiary/aromatic N) is 2. The van der Waals surface area contributed by atoms with E-state index in [0.29, 0.717) is 5.69 Å². The molecule has 0 bridgehead atoms. The Hall–Kier alpha value is -3.41. The Labute approximate surface area is 180 Å². The van der Waals surface area contributed by atoms with Gasteiger partial charge < -0.3 is 9.30 Å². The van der Waals surface area contributed by atoms with Crippen molar-refractivity contribution in [1.82, 2.24) is 4.57 Å². The lowest BCUT2D eigenvalue weighted by molar-refractivity contribution is -0.384. The Kier molecular flexibility index (Phi) is 4.29. The van der Waals surface area contributed by atoms with E-state index in [0.717, 1.165) is 34.7 Å². The van der Waals surface area contributed by atoms with Gasteiger partial charge in [-0.2, -0.15) is 0 Å². The van der Waals surface area contributed by atoms with Crippen LogP contribution in [0.15, 0.2) is 42.5 Å². The molecule has 0 aliphatic heterocycles. The first-order valence-electron chi connectivity index (χ1n) is 10.6. The highest BCUT2D eigenvalue weighted by Crippen LogP contribution is 2.38. The molecule has 6 heteroatoms. The second-order valence-electron chi connectivity index (χ2n) is 9.24. The van der Waals surface area contributed by atoms with Gasteiger partial charge in [-0.15, -0.1) is 0 Å². The number of rotatable bonds is 3. The molecule has 1 heterocycles. The fourth-order valence-electron chi connectivity index (χ4n) is 4.83. The molecule has 2 atom stereocenters. The second kappa shape index (κ2) is 6.80. The van der Waals surface area contributed by atoms with E-state index >= 15 is 0 Å². The number of carbonyl (C=O) groups is 1. The van der Waals surface area contributed by atoms with Crippen molar-refractivity contribution in [2.75, 3.05) is 0 Å². The number of nitro benzene ring substituents is 1. The van der Waals surface area contributed by atoms with E-state index in [2.05, 4.69) is 18.2 Å². The summed E-state index contributed by atoms with van der Waals surface area (Å²) in [5.74, 6) is -0.597. The first-order chi connectivity index (χ1) is 14.7. The summed E-state index contributed by atoms with van der Waals surface area (Å²) < 4.78 is 7.61. The Bertz CT molecular complexity index is 1300. The van der Waals surface area contributed by atoms with Crippen LogP contribution in [0.1, 0.15) is 50.7 Å². The van der Waals surface area contributed by atoms with Crippen LogP contribution in [-0.2, 0) is 9.53 Å². The molecule has 0 radical (unpaired) electrons.